The fourth-order valence-electron chi connectivity index (χ4n) is 1.59. The quantitative estimate of drug-likeness (QED) is 0.764. The molecule has 0 spiro atoms. The molecule has 0 bridgehead atoms. The first-order chi connectivity index (χ1) is 7.63. The van der Waals surface area contributed by atoms with Gasteiger partial charge in [-0.2, -0.15) is 0 Å². The van der Waals surface area contributed by atoms with Crippen LogP contribution in [0.2, 0.25) is 0 Å². The standard InChI is InChI=1S/C14H18N2/c1-4-14(2,3)13-10-16(11-15-13)12-8-6-5-7-9-12/h5-11H,4H2,1-3H3. The van der Waals surface area contributed by atoms with Crippen LogP contribution in [-0.4, -0.2) is 9.55 Å². The van der Waals surface area contributed by atoms with Gasteiger partial charge in [-0.15, -0.1) is 0 Å². The van der Waals surface area contributed by atoms with Crippen LogP contribution >= 0.6 is 0 Å². The van der Waals surface area contributed by atoms with Gasteiger partial charge in [0.05, 0.1) is 12.0 Å². The molecule has 16 heavy (non-hydrogen) atoms. The van der Waals surface area contributed by atoms with Gasteiger partial charge < -0.3 is 4.57 Å². The molecule has 2 aromatic rings. The minimum absolute atomic E-state index is 0.153. The molecule has 0 atom stereocenters. The topological polar surface area (TPSA) is 17.8 Å². The largest absolute Gasteiger partial charge is 0.306 e. The number of benzene rings is 1. The van der Waals surface area contributed by atoms with E-state index in [1.54, 1.807) is 0 Å². The van der Waals surface area contributed by atoms with E-state index in [-0.39, 0.29) is 5.41 Å². The van der Waals surface area contributed by atoms with Gasteiger partial charge in [0, 0.05) is 17.3 Å². The maximum absolute atomic E-state index is 4.50. The van der Waals surface area contributed by atoms with Crippen molar-refractivity contribution in [1.29, 1.82) is 0 Å². The molecular formula is C14H18N2. The summed E-state index contributed by atoms with van der Waals surface area (Å²) in [5, 5.41) is 0. The van der Waals surface area contributed by atoms with Crippen molar-refractivity contribution >= 4 is 0 Å². The van der Waals surface area contributed by atoms with Gasteiger partial charge in [0.25, 0.3) is 0 Å². The second kappa shape index (κ2) is 4.12. The molecule has 1 heterocycles. The monoisotopic (exact) mass is 214 g/mol. The molecule has 0 aliphatic rings. The molecule has 1 aromatic carbocycles. The van der Waals surface area contributed by atoms with Crippen molar-refractivity contribution in [1.82, 2.24) is 9.55 Å². The van der Waals surface area contributed by atoms with Crippen LogP contribution in [0.1, 0.15) is 32.9 Å². The minimum atomic E-state index is 0.153. The van der Waals surface area contributed by atoms with E-state index in [4.69, 9.17) is 0 Å². The Morgan fingerprint density at radius 2 is 1.88 bits per heavy atom. The van der Waals surface area contributed by atoms with Gasteiger partial charge in [0.15, 0.2) is 0 Å². The van der Waals surface area contributed by atoms with Crippen molar-refractivity contribution < 1.29 is 0 Å². The highest BCUT2D eigenvalue weighted by molar-refractivity contribution is 5.32. The van der Waals surface area contributed by atoms with Gasteiger partial charge in [0.2, 0.25) is 0 Å². The molecule has 0 unspecified atom stereocenters. The Kier molecular flexibility index (Phi) is 2.82. The van der Waals surface area contributed by atoms with Crippen molar-refractivity contribution in [2.45, 2.75) is 32.6 Å². The Morgan fingerprint density at radius 3 is 2.50 bits per heavy atom. The van der Waals surface area contributed by atoms with Gasteiger partial charge in [-0.05, 0) is 18.6 Å². The summed E-state index contributed by atoms with van der Waals surface area (Å²) in [6.45, 7) is 6.65. The molecule has 2 rings (SSSR count). The van der Waals surface area contributed by atoms with E-state index in [1.807, 2.05) is 24.5 Å². The number of para-hydroxylation sites is 1. The molecule has 0 aliphatic heterocycles. The second-order valence-electron chi connectivity index (χ2n) is 4.74. The molecule has 0 fully saturated rings. The zero-order valence-electron chi connectivity index (χ0n) is 10.1. The van der Waals surface area contributed by atoms with Crippen LogP contribution in [0.4, 0.5) is 0 Å². The molecule has 2 heteroatoms. The summed E-state index contributed by atoms with van der Waals surface area (Å²) in [6, 6.07) is 10.3. The van der Waals surface area contributed by atoms with Crippen LogP contribution in [0, 0.1) is 0 Å². The first-order valence-electron chi connectivity index (χ1n) is 5.73. The van der Waals surface area contributed by atoms with Gasteiger partial charge in [-0.25, -0.2) is 4.98 Å². The van der Waals surface area contributed by atoms with Crippen LogP contribution in [0.5, 0.6) is 0 Å². The van der Waals surface area contributed by atoms with Crippen molar-refractivity contribution in [2.24, 2.45) is 0 Å². The SMILES string of the molecule is CCC(C)(C)c1cn(-c2ccccc2)cn1. The molecule has 0 saturated heterocycles. The van der Waals surface area contributed by atoms with E-state index in [0.29, 0.717) is 0 Å². The Bertz CT molecular complexity index is 455. The number of hydrogen-bond acceptors (Lipinski definition) is 1. The Hall–Kier alpha value is -1.57. The third-order valence-electron chi connectivity index (χ3n) is 3.21. The van der Waals surface area contributed by atoms with Crippen LogP contribution in [0.3, 0.4) is 0 Å². The molecular weight excluding hydrogens is 196 g/mol. The number of aromatic nitrogens is 2. The average molecular weight is 214 g/mol. The molecule has 84 valence electrons. The predicted molar refractivity (Wildman–Crippen MR) is 66.9 cm³/mol. The normalized spacial score (nSPS) is 11.7. The molecule has 0 amide bonds. The number of imidazole rings is 1. The molecule has 1 aromatic heterocycles. The number of nitrogens with zero attached hydrogens (tertiary/aromatic N) is 2. The first-order valence-corrected chi connectivity index (χ1v) is 5.73. The van der Waals surface area contributed by atoms with Crippen LogP contribution < -0.4 is 0 Å². The van der Waals surface area contributed by atoms with Crippen molar-refractivity contribution in [2.75, 3.05) is 0 Å². The fourth-order valence-corrected chi connectivity index (χ4v) is 1.59. The second-order valence-corrected chi connectivity index (χ2v) is 4.74. The lowest BCUT2D eigenvalue weighted by atomic mass is 9.87. The molecule has 0 aliphatic carbocycles. The average Bonchev–Trinajstić information content (AvgIpc) is 2.80. The summed E-state index contributed by atoms with van der Waals surface area (Å²) < 4.78 is 2.08. The summed E-state index contributed by atoms with van der Waals surface area (Å²) in [7, 11) is 0. The number of rotatable bonds is 3. The van der Waals surface area contributed by atoms with Crippen LogP contribution in [-0.2, 0) is 5.41 Å². The maximum Gasteiger partial charge on any atom is 0.0995 e. The fraction of sp³-hybridized carbons (Fsp3) is 0.357. The van der Waals surface area contributed by atoms with E-state index in [2.05, 4.69) is 48.7 Å². The summed E-state index contributed by atoms with van der Waals surface area (Å²) >= 11 is 0. The van der Waals surface area contributed by atoms with Crippen molar-refractivity contribution in [3.05, 3.63) is 48.5 Å². The highest BCUT2D eigenvalue weighted by atomic mass is 15.0. The van der Waals surface area contributed by atoms with Crippen LogP contribution in [0.25, 0.3) is 5.69 Å². The van der Waals surface area contributed by atoms with E-state index in [9.17, 15) is 0 Å². The molecule has 0 N–H and O–H groups in total. The van der Waals surface area contributed by atoms with Gasteiger partial charge in [0.1, 0.15) is 0 Å². The summed E-state index contributed by atoms with van der Waals surface area (Å²) in [4.78, 5) is 4.50. The maximum atomic E-state index is 4.50. The van der Waals surface area contributed by atoms with E-state index >= 15 is 0 Å². The molecule has 0 saturated carbocycles. The lowest BCUT2D eigenvalue weighted by Crippen LogP contribution is -2.15. The van der Waals surface area contributed by atoms with E-state index < -0.39 is 0 Å². The third-order valence-corrected chi connectivity index (χ3v) is 3.21. The first kappa shape index (κ1) is 10.9. The lowest BCUT2D eigenvalue weighted by Gasteiger charge is -2.19. The highest BCUT2D eigenvalue weighted by Crippen LogP contribution is 2.25. The van der Waals surface area contributed by atoms with Crippen molar-refractivity contribution in [3.8, 4) is 5.69 Å². The summed E-state index contributed by atoms with van der Waals surface area (Å²) in [5.41, 5.74) is 2.46. The smallest absolute Gasteiger partial charge is 0.0995 e. The predicted octanol–water partition coefficient (Wildman–Crippen LogP) is 3.56. The van der Waals surface area contributed by atoms with Gasteiger partial charge in [-0.3, -0.25) is 0 Å². The Labute approximate surface area is 97.0 Å². The Morgan fingerprint density at radius 1 is 1.19 bits per heavy atom. The van der Waals surface area contributed by atoms with Gasteiger partial charge >= 0.3 is 0 Å². The summed E-state index contributed by atoms with van der Waals surface area (Å²) in [5.74, 6) is 0. The number of hydrogen-bond donors (Lipinski definition) is 0. The van der Waals surface area contributed by atoms with E-state index in [1.165, 1.54) is 0 Å². The van der Waals surface area contributed by atoms with Gasteiger partial charge in [-0.1, -0.05) is 39.0 Å². The zero-order valence-corrected chi connectivity index (χ0v) is 10.1. The minimum Gasteiger partial charge on any atom is -0.306 e. The zero-order chi connectivity index (χ0) is 11.6. The van der Waals surface area contributed by atoms with Crippen molar-refractivity contribution in [3.63, 3.8) is 0 Å². The summed E-state index contributed by atoms with van der Waals surface area (Å²) in [6.07, 6.45) is 5.11. The molecule has 0 radical (unpaired) electrons. The highest BCUT2D eigenvalue weighted by Gasteiger charge is 2.20. The van der Waals surface area contributed by atoms with E-state index in [0.717, 1.165) is 17.8 Å². The Balaban J connectivity index is 2.34. The third kappa shape index (κ3) is 2.01. The molecule has 2 nitrogen and oxygen atoms in total. The lowest BCUT2D eigenvalue weighted by molar-refractivity contribution is 0.492. The van der Waals surface area contributed by atoms with Crippen LogP contribution in [0.15, 0.2) is 42.9 Å².